The van der Waals surface area contributed by atoms with Crippen molar-refractivity contribution in [2.45, 2.75) is 12.8 Å². The van der Waals surface area contributed by atoms with Crippen molar-refractivity contribution in [3.63, 3.8) is 0 Å². The Hall–Kier alpha value is -1.06. The van der Waals surface area contributed by atoms with Gasteiger partial charge >= 0.3 is 5.97 Å². The Balaban J connectivity index is 3.68. The van der Waals surface area contributed by atoms with Gasteiger partial charge < -0.3 is 10.5 Å². The lowest BCUT2D eigenvalue weighted by atomic mass is 10.3. The molecular weight excluding hydrogens is 122 g/mol. The monoisotopic (exact) mass is 134 g/mol. The molecule has 0 unspecified atom stereocenters. The average Bonchev–Trinajstić information content (AvgIpc) is 1.79. The van der Waals surface area contributed by atoms with Crippen LogP contribution in [0.3, 0.4) is 0 Å². The van der Waals surface area contributed by atoms with Crippen molar-refractivity contribution < 1.29 is 18.4 Å². The molecule has 0 aromatic carbocycles. The molecule has 0 heterocycles. The summed E-state index contributed by atoms with van der Waals surface area (Å²) in [6.45, 7) is 0. The molecule has 4 nitrogen and oxygen atoms in total. The molecule has 0 fully saturated rings. The molecule has 0 saturated carbocycles. The van der Waals surface area contributed by atoms with E-state index in [1.165, 1.54) is 0 Å². The molecule has 0 aliphatic rings. The number of ether oxygens (including phenoxy) is 1. The fraction of sp³-hybridized carbons (Fsp3) is 0.600. The summed E-state index contributed by atoms with van der Waals surface area (Å²) in [7, 11) is -2.74. The fourth-order valence-electron chi connectivity index (χ4n) is 0.276. The molecule has 0 radical (unpaired) electrons. The van der Waals surface area contributed by atoms with Crippen LogP contribution in [0.2, 0.25) is 0 Å². The predicted octanol–water partition coefficient (Wildman–Crippen LogP) is -0.575. The second-order valence-corrected chi connectivity index (χ2v) is 1.44. The summed E-state index contributed by atoms with van der Waals surface area (Å²) < 4.78 is 23.5. The largest absolute Gasteiger partial charge is 0.469 e. The molecule has 0 aliphatic carbocycles. The van der Waals surface area contributed by atoms with E-state index in [-0.39, 0.29) is 12.8 Å². The van der Waals surface area contributed by atoms with Crippen LogP contribution in [0.25, 0.3) is 0 Å². The van der Waals surface area contributed by atoms with Crippen LogP contribution >= 0.6 is 0 Å². The Bertz CT molecular complexity index is 189. The Morgan fingerprint density at radius 2 is 2.33 bits per heavy atom. The summed E-state index contributed by atoms with van der Waals surface area (Å²) >= 11 is 0. The molecule has 52 valence electrons. The summed E-state index contributed by atoms with van der Waals surface area (Å²) in [5.41, 5.74) is 4.72. The third-order valence-electron chi connectivity index (χ3n) is 0.689. The fourth-order valence-corrected chi connectivity index (χ4v) is 0.276. The van der Waals surface area contributed by atoms with Crippen LogP contribution in [0.15, 0.2) is 0 Å². The molecule has 2 N–H and O–H groups in total. The zero-order valence-corrected chi connectivity index (χ0v) is 4.72. The number of rotatable bonds is 3. The number of hydrogen-bond donors (Lipinski definition) is 1. The second kappa shape index (κ2) is 3.88. The Labute approximate surface area is 57.2 Å². The lowest BCUT2D eigenvalue weighted by Gasteiger charge is -1.93. The van der Waals surface area contributed by atoms with E-state index in [9.17, 15) is 9.59 Å². The molecular formula is C5H9NO3. The van der Waals surface area contributed by atoms with Gasteiger partial charge in [-0.05, 0) is 0 Å². The van der Waals surface area contributed by atoms with E-state index in [1.54, 1.807) is 0 Å². The van der Waals surface area contributed by atoms with Crippen LogP contribution in [0, 0.1) is 0 Å². The van der Waals surface area contributed by atoms with Gasteiger partial charge in [0.2, 0.25) is 5.91 Å². The number of amides is 1. The first-order valence-electron chi connectivity index (χ1n) is 3.81. The SMILES string of the molecule is [2H]C([2H])([2H])OC(=O)CCC(N)=O. The molecule has 0 spiro atoms. The molecule has 0 aromatic rings. The number of esters is 1. The summed E-state index contributed by atoms with van der Waals surface area (Å²) in [4.78, 5) is 20.7. The van der Waals surface area contributed by atoms with E-state index in [2.05, 4.69) is 4.74 Å². The van der Waals surface area contributed by atoms with Crippen molar-refractivity contribution in [2.75, 3.05) is 7.04 Å². The maximum Gasteiger partial charge on any atom is 0.306 e. The molecule has 0 atom stereocenters. The highest BCUT2D eigenvalue weighted by atomic mass is 16.5. The smallest absolute Gasteiger partial charge is 0.306 e. The Morgan fingerprint density at radius 3 is 2.78 bits per heavy atom. The van der Waals surface area contributed by atoms with Crippen molar-refractivity contribution >= 4 is 11.9 Å². The topological polar surface area (TPSA) is 69.4 Å². The van der Waals surface area contributed by atoms with Gasteiger partial charge in [0, 0.05) is 6.42 Å². The maximum absolute atomic E-state index is 10.6. The Kier molecular flexibility index (Phi) is 1.67. The second-order valence-electron chi connectivity index (χ2n) is 1.44. The van der Waals surface area contributed by atoms with Gasteiger partial charge in [-0.15, -0.1) is 0 Å². The normalized spacial score (nSPS) is 14.9. The summed E-state index contributed by atoms with van der Waals surface area (Å²) in [5.74, 6) is -1.62. The maximum atomic E-state index is 10.6. The number of methoxy groups -OCH3 is 1. The lowest BCUT2D eigenvalue weighted by Crippen LogP contribution is -2.13. The highest BCUT2D eigenvalue weighted by molar-refractivity contribution is 5.79. The van der Waals surface area contributed by atoms with Crippen LogP contribution in [-0.2, 0) is 14.3 Å². The van der Waals surface area contributed by atoms with E-state index in [0.29, 0.717) is 0 Å². The van der Waals surface area contributed by atoms with Gasteiger partial charge in [0.15, 0.2) is 0 Å². The zero-order chi connectivity index (χ0) is 9.78. The standard InChI is InChI=1S/C5H9NO3/c1-9-5(8)3-2-4(6)7/h2-3H2,1H3,(H2,6,7)/i1D3. The van der Waals surface area contributed by atoms with Gasteiger partial charge in [-0.3, -0.25) is 9.59 Å². The van der Waals surface area contributed by atoms with Crippen molar-refractivity contribution in [2.24, 2.45) is 5.73 Å². The minimum atomic E-state index is -2.74. The van der Waals surface area contributed by atoms with E-state index in [1.807, 2.05) is 0 Å². The number of carbonyl (C=O) groups excluding carboxylic acids is 2. The predicted molar refractivity (Wildman–Crippen MR) is 30.4 cm³/mol. The summed E-state index contributed by atoms with van der Waals surface area (Å²) in [6, 6.07) is 0. The van der Waals surface area contributed by atoms with Crippen molar-refractivity contribution in [1.82, 2.24) is 0 Å². The van der Waals surface area contributed by atoms with E-state index in [0.717, 1.165) is 0 Å². The summed E-state index contributed by atoms with van der Waals surface area (Å²) in [5, 5.41) is 0. The van der Waals surface area contributed by atoms with Gasteiger partial charge in [-0.25, -0.2) is 0 Å². The van der Waals surface area contributed by atoms with Crippen LogP contribution < -0.4 is 5.73 Å². The Morgan fingerprint density at radius 1 is 1.67 bits per heavy atom. The number of primary amides is 1. The van der Waals surface area contributed by atoms with E-state index < -0.39 is 18.9 Å². The molecule has 4 heteroatoms. The quantitative estimate of drug-likeness (QED) is 0.525. The van der Waals surface area contributed by atoms with Crippen LogP contribution in [0.4, 0.5) is 0 Å². The van der Waals surface area contributed by atoms with Crippen molar-refractivity contribution in [3.8, 4) is 0 Å². The van der Waals surface area contributed by atoms with Crippen LogP contribution in [-0.4, -0.2) is 18.9 Å². The molecule has 0 rings (SSSR count). The lowest BCUT2D eigenvalue weighted by molar-refractivity contribution is -0.141. The molecule has 0 saturated heterocycles. The summed E-state index contributed by atoms with van der Waals surface area (Å²) in [6.07, 6.45) is -0.497. The minimum absolute atomic E-state index is 0.199. The van der Waals surface area contributed by atoms with Crippen LogP contribution in [0.1, 0.15) is 17.0 Å². The molecule has 9 heavy (non-hydrogen) atoms. The molecule has 1 amide bonds. The first-order valence-corrected chi connectivity index (χ1v) is 2.31. The highest BCUT2D eigenvalue weighted by Gasteiger charge is 2.01. The molecule has 0 aromatic heterocycles. The van der Waals surface area contributed by atoms with E-state index in [4.69, 9.17) is 9.85 Å². The third kappa shape index (κ3) is 4.80. The number of hydrogen-bond acceptors (Lipinski definition) is 3. The van der Waals surface area contributed by atoms with Gasteiger partial charge in [-0.1, -0.05) is 0 Å². The number of nitrogens with two attached hydrogens (primary N) is 1. The van der Waals surface area contributed by atoms with Gasteiger partial charge in [0.1, 0.15) is 0 Å². The van der Waals surface area contributed by atoms with Crippen molar-refractivity contribution in [3.05, 3.63) is 0 Å². The minimum Gasteiger partial charge on any atom is -0.469 e. The first kappa shape index (κ1) is 3.87. The zero-order valence-electron chi connectivity index (χ0n) is 7.72. The van der Waals surface area contributed by atoms with Crippen LogP contribution in [0.5, 0.6) is 0 Å². The molecule has 0 aliphatic heterocycles. The first-order chi connectivity index (χ1) is 5.31. The van der Waals surface area contributed by atoms with Gasteiger partial charge in [-0.2, -0.15) is 0 Å². The average molecular weight is 134 g/mol. The van der Waals surface area contributed by atoms with E-state index >= 15 is 0 Å². The third-order valence-corrected chi connectivity index (χ3v) is 0.689. The van der Waals surface area contributed by atoms with Gasteiger partial charge in [0.25, 0.3) is 0 Å². The number of carbonyl (C=O) groups is 2. The molecule has 0 bridgehead atoms. The van der Waals surface area contributed by atoms with Gasteiger partial charge in [0.05, 0.1) is 17.6 Å². The van der Waals surface area contributed by atoms with Crippen molar-refractivity contribution in [1.29, 1.82) is 0 Å². The highest BCUT2D eigenvalue weighted by Crippen LogP contribution is 1.88.